The second-order valence-electron chi connectivity index (χ2n) is 4.05. The number of nitrogens with one attached hydrogen (secondary N) is 1. The van der Waals surface area contributed by atoms with Crippen molar-refractivity contribution in [2.24, 2.45) is 0 Å². The van der Waals surface area contributed by atoms with E-state index >= 15 is 0 Å². The zero-order valence-corrected chi connectivity index (χ0v) is 10.9. The van der Waals surface area contributed by atoms with E-state index in [2.05, 4.69) is 24.1 Å². The Bertz CT molecular complexity index is 296. The van der Waals surface area contributed by atoms with Gasteiger partial charge in [0.15, 0.2) is 0 Å². The highest BCUT2D eigenvalue weighted by Gasteiger charge is 2.07. The van der Waals surface area contributed by atoms with Crippen molar-refractivity contribution in [1.29, 1.82) is 0 Å². The molecule has 0 fully saturated rings. The van der Waals surface area contributed by atoms with E-state index < -0.39 is 0 Å². The molecule has 1 aromatic heterocycles. The Balaban J connectivity index is 2.45. The molecular formula is C13H21ClN2. The number of nitrogens with zero attached hydrogens (tertiary/aromatic N) is 1. The van der Waals surface area contributed by atoms with E-state index in [0.717, 1.165) is 24.4 Å². The van der Waals surface area contributed by atoms with Gasteiger partial charge in [0, 0.05) is 18.4 Å². The highest BCUT2D eigenvalue weighted by Crippen LogP contribution is 2.16. The lowest BCUT2D eigenvalue weighted by molar-refractivity contribution is 0.459. The summed E-state index contributed by atoms with van der Waals surface area (Å²) in [5, 5.41) is 4.30. The van der Waals surface area contributed by atoms with Crippen LogP contribution in [0.15, 0.2) is 18.5 Å². The molecule has 0 saturated heterocycles. The van der Waals surface area contributed by atoms with Crippen molar-refractivity contribution in [2.75, 3.05) is 6.54 Å². The van der Waals surface area contributed by atoms with Gasteiger partial charge >= 0.3 is 0 Å². The lowest BCUT2D eigenvalue weighted by Gasteiger charge is -2.17. The third kappa shape index (κ3) is 4.50. The second-order valence-corrected chi connectivity index (χ2v) is 4.46. The second kappa shape index (κ2) is 7.64. The molecule has 0 radical (unpaired) electrons. The first-order valence-electron chi connectivity index (χ1n) is 6.09. The third-order valence-electron chi connectivity index (χ3n) is 2.75. The fourth-order valence-corrected chi connectivity index (χ4v) is 2.14. The zero-order chi connectivity index (χ0) is 11.8. The van der Waals surface area contributed by atoms with E-state index in [1.165, 1.54) is 18.4 Å². The Kier molecular flexibility index (Phi) is 6.43. The standard InChI is InChI=1S/C13H21ClN2/c1-3-5-12(16-4-2)7-6-11-8-9-15-10-13(11)14/h8-10,12,16H,3-7H2,1-2H3. The average Bonchev–Trinajstić information content (AvgIpc) is 2.28. The fraction of sp³-hybridized carbons (Fsp3) is 0.615. The Labute approximate surface area is 103 Å². The summed E-state index contributed by atoms with van der Waals surface area (Å²) in [6.45, 7) is 5.42. The van der Waals surface area contributed by atoms with Crippen molar-refractivity contribution in [1.82, 2.24) is 10.3 Å². The minimum absolute atomic E-state index is 0.610. The number of halogens is 1. The topological polar surface area (TPSA) is 24.9 Å². The molecule has 0 bridgehead atoms. The monoisotopic (exact) mass is 240 g/mol. The Morgan fingerprint density at radius 1 is 1.38 bits per heavy atom. The maximum Gasteiger partial charge on any atom is 0.0621 e. The first-order chi connectivity index (χ1) is 7.77. The lowest BCUT2D eigenvalue weighted by Crippen LogP contribution is -2.29. The van der Waals surface area contributed by atoms with E-state index in [0.29, 0.717) is 6.04 Å². The van der Waals surface area contributed by atoms with Crippen LogP contribution >= 0.6 is 11.6 Å². The van der Waals surface area contributed by atoms with Gasteiger partial charge in [-0.25, -0.2) is 0 Å². The molecule has 0 aliphatic heterocycles. The van der Waals surface area contributed by atoms with Crippen LogP contribution in [0.25, 0.3) is 0 Å². The van der Waals surface area contributed by atoms with Crippen LogP contribution in [0.3, 0.4) is 0 Å². The molecule has 0 saturated carbocycles. The first-order valence-corrected chi connectivity index (χ1v) is 6.47. The fourth-order valence-electron chi connectivity index (χ4n) is 1.92. The quantitative estimate of drug-likeness (QED) is 0.790. The number of pyridine rings is 1. The largest absolute Gasteiger partial charge is 0.314 e. The van der Waals surface area contributed by atoms with Gasteiger partial charge in [0.1, 0.15) is 0 Å². The van der Waals surface area contributed by atoms with Crippen LogP contribution < -0.4 is 5.32 Å². The van der Waals surface area contributed by atoms with E-state index in [1.54, 1.807) is 6.20 Å². The van der Waals surface area contributed by atoms with Crippen LogP contribution in [0.1, 0.15) is 38.7 Å². The van der Waals surface area contributed by atoms with E-state index in [-0.39, 0.29) is 0 Å². The molecule has 3 heteroatoms. The normalized spacial score (nSPS) is 12.7. The predicted octanol–water partition coefficient (Wildman–Crippen LogP) is 3.45. The number of rotatable bonds is 7. The average molecular weight is 241 g/mol. The van der Waals surface area contributed by atoms with Crippen LogP contribution in [0.5, 0.6) is 0 Å². The van der Waals surface area contributed by atoms with Crippen molar-refractivity contribution in [3.63, 3.8) is 0 Å². The van der Waals surface area contributed by atoms with Gasteiger partial charge in [0.2, 0.25) is 0 Å². The van der Waals surface area contributed by atoms with Crippen molar-refractivity contribution < 1.29 is 0 Å². The summed E-state index contributed by atoms with van der Waals surface area (Å²) < 4.78 is 0. The summed E-state index contributed by atoms with van der Waals surface area (Å²) in [5.74, 6) is 0. The highest BCUT2D eigenvalue weighted by atomic mass is 35.5. The van der Waals surface area contributed by atoms with E-state index in [9.17, 15) is 0 Å². The summed E-state index contributed by atoms with van der Waals surface area (Å²) in [7, 11) is 0. The van der Waals surface area contributed by atoms with Gasteiger partial charge in [-0.1, -0.05) is 31.9 Å². The molecule has 2 nitrogen and oxygen atoms in total. The smallest absolute Gasteiger partial charge is 0.0621 e. The first kappa shape index (κ1) is 13.5. The molecular weight excluding hydrogens is 220 g/mol. The Morgan fingerprint density at radius 3 is 2.81 bits per heavy atom. The highest BCUT2D eigenvalue weighted by molar-refractivity contribution is 6.31. The molecule has 1 aromatic rings. The predicted molar refractivity (Wildman–Crippen MR) is 69.9 cm³/mol. The van der Waals surface area contributed by atoms with E-state index in [1.807, 2.05) is 12.3 Å². The molecule has 1 N–H and O–H groups in total. The molecule has 0 aromatic carbocycles. The summed E-state index contributed by atoms with van der Waals surface area (Å²) in [6.07, 6.45) is 8.16. The van der Waals surface area contributed by atoms with Crippen molar-refractivity contribution in [3.05, 3.63) is 29.0 Å². The number of hydrogen-bond donors (Lipinski definition) is 1. The molecule has 90 valence electrons. The van der Waals surface area contributed by atoms with Gasteiger partial charge in [-0.05, 0) is 37.4 Å². The van der Waals surface area contributed by atoms with Gasteiger partial charge in [-0.2, -0.15) is 0 Å². The zero-order valence-electron chi connectivity index (χ0n) is 10.2. The maximum atomic E-state index is 6.08. The lowest BCUT2D eigenvalue weighted by atomic mass is 10.0. The molecule has 1 unspecified atom stereocenters. The van der Waals surface area contributed by atoms with Crippen molar-refractivity contribution >= 4 is 11.6 Å². The molecule has 0 aliphatic carbocycles. The van der Waals surface area contributed by atoms with Crippen LogP contribution in [0, 0.1) is 0 Å². The van der Waals surface area contributed by atoms with Gasteiger partial charge in [-0.3, -0.25) is 4.98 Å². The SMILES string of the molecule is CCCC(CCc1ccncc1Cl)NCC. The minimum atomic E-state index is 0.610. The molecule has 1 heterocycles. The molecule has 1 atom stereocenters. The number of aromatic nitrogens is 1. The third-order valence-corrected chi connectivity index (χ3v) is 3.09. The molecule has 16 heavy (non-hydrogen) atoms. The van der Waals surface area contributed by atoms with Crippen LogP contribution in [-0.2, 0) is 6.42 Å². The molecule has 1 rings (SSSR count). The van der Waals surface area contributed by atoms with Gasteiger partial charge in [0.05, 0.1) is 5.02 Å². The number of hydrogen-bond acceptors (Lipinski definition) is 2. The van der Waals surface area contributed by atoms with Crippen LogP contribution in [-0.4, -0.2) is 17.6 Å². The Morgan fingerprint density at radius 2 is 2.19 bits per heavy atom. The Hall–Kier alpha value is -0.600. The van der Waals surface area contributed by atoms with E-state index in [4.69, 9.17) is 11.6 Å². The summed E-state index contributed by atoms with van der Waals surface area (Å²) in [5.41, 5.74) is 1.20. The summed E-state index contributed by atoms with van der Waals surface area (Å²) in [6, 6.07) is 2.62. The minimum Gasteiger partial charge on any atom is -0.314 e. The van der Waals surface area contributed by atoms with Gasteiger partial charge in [-0.15, -0.1) is 0 Å². The molecule has 0 amide bonds. The maximum absolute atomic E-state index is 6.08. The van der Waals surface area contributed by atoms with Gasteiger partial charge in [0.25, 0.3) is 0 Å². The summed E-state index contributed by atoms with van der Waals surface area (Å²) >= 11 is 6.08. The molecule has 0 spiro atoms. The van der Waals surface area contributed by atoms with Crippen molar-refractivity contribution in [2.45, 2.75) is 45.6 Å². The van der Waals surface area contributed by atoms with Crippen LogP contribution in [0.2, 0.25) is 5.02 Å². The van der Waals surface area contributed by atoms with Gasteiger partial charge < -0.3 is 5.32 Å². The molecule has 0 aliphatic rings. The van der Waals surface area contributed by atoms with Crippen molar-refractivity contribution in [3.8, 4) is 0 Å². The van der Waals surface area contributed by atoms with Crippen LogP contribution in [0.4, 0.5) is 0 Å². The number of aryl methyl sites for hydroxylation is 1. The summed E-state index contributed by atoms with van der Waals surface area (Å²) in [4.78, 5) is 4.00.